The third-order valence-corrected chi connectivity index (χ3v) is 4.84. The van der Waals surface area contributed by atoms with Crippen molar-refractivity contribution in [3.05, 3.63) is 54.4 Å². The average Bonchev–Trinajstić information content (AvgIpc) is 2.83. The summed E-state index contributed by atoms with van der Waals surface area (Å²) >= 11 is 0. The van der Waals surface area contributed by atoms with Gasteiger partial charge >= 0.3 is 0 Å². The number of sulfone groups is 1. The summed E-state index contributed by atoms with van der Waals surface area (Å²) in [5, 5.41) is 0.614. The highest BCUT2D eigenvalue weighted by Gasteiger charge is 2.21. The number of pyridine rings is 1. The summed E-state index contributed by atoms with van der Waals surface area (Å²) < 4.78 is 25.1. The molecule has 0 aliphatic heterocycles. The van der Waals surface area contributed by atoms with Crippen LogP contribution in [0.1, 0.15) is 5.56 Å². The Morgan fingerprint density at radius 3 is 2.58 bits per heavy atom. The predicted molar refractivity (Wildman–Crippen MR) is 72.7 cm³/mol. The van der Waals surface area contributed by atoms with Crippen molar-refractivity contribution in [1.82, 2.24) is 9.97 Å². The molecule has 1 aromatic carbocycles. The first-order valence-corrected chi connectivity index (χ1v) is 7.31. The van der Waals surface area contributed by atoms with Crippen LogP contribution in [0.5, 0.6) is 0 Å². The van der Waals surface area contributed by atoms with Crippen LogP contribution in [0.3, 0.4) is 0 Å². The van der Waals surface area contributed by atoms with Crippen molar-refractivity contribution < 1.29 is 8.42 Å². The van der Waals surface area contributed by atoms with E-state index in [1.807, 2.05) is 6.92 Å². The van der Waals surface area contributed by atoms with Gasteiger partial charge in [0.05, 0.1) is 9.79 Å². The lowest BCUT2D eigenvalue weighted by Gasteiger charge is -2.03. The van der Waals surface area contributed by atoms with Gasteiger partial charge in [0.25, 0.3) is 0 Å². The number of nitrogens with one attached hydrogen (secondary N) is 1. The zero-order chi connectivity index (χ0) is 13.5. The van der Waals surface area contributed by atoms with Gasteiger partial charge in [-0.3, -0.25) is 0 Å². The number of aromatic nitrogens is 2. The van der Waals surface area contributed by atoms with Gasteiger partial charge in [0.2, 0.25) is 9.84 Å². The topological polar surface area (TPSA) is 62.8 Å². The molecule has 5 heteroatoms. The van der Waals surface area contributed by atoms with Crippen LogP contribution in [-0.2, 0) is 9.84 Å². The fourth-order valence-corrected chi connectivity index (χ4v) is 3.41. The second kappa shape index (κ2) is 4.20. The minimum Gasteiger partial charge on any atom is -0.345 e. The number of benzene rings is 1. The Hall–Kier alpha value is -2.14. The van der Waals surface area contributed by atoms with Gasteiger partial charge in [-0.05, 0) is 31.2 Å². The van der Waals surface area contributed by atoms with E-state index in [-0.39, 0.29) is 4.90 Å². The molecule has 3 rings (SSSR count). The minimum atomic E-state index is -3.51. The molecule has 3 aromatic rings. The lowest BCUT2D eigenvalue weighted by atomic mass is 10.2. The molecule has 0 fully saturated rings. The molecule has 96 valence electrons. The van der Waals surface area contributed by atoms with Crippen LogP contribution in [0, 0.1) is 6.92 Å². The van der Waals surface area contributed by atoms with E-state index in [0.29, 0.717) is 15.9 Å². The second-order valence-electron chi connectivity index (χ2n) is 4.37. The smallest absolute Gasteiger partial charge is 0.208 e. The van der Waals surface area contributed by atoms with E-state index < -0.39 is 9.84 Å². The molecule has 0 saturated carbocycles. The molecule has 0 bridgehead atoms. The van der Waals surface area contributed by atoms with E-state index >= 15 is 0 Å². The van der Waals surface area contributed by atoms with Gasteiger partial charge < -0.3 is 4.98 Å². The number of nitrogens with zero attached hydrogens (tertiary/aromatic N) is 1. The zero-order valence-corrected chi connectivity index (χ0v) is 11.1. The molecule has 2 heterocycles. The lowest BCUT2D eigenvalue weighted by molar-refractivity contribution is 0.597. The fraction of sp³-hybridized carbons (Fsp3) is 0.0714. The van der Waals surface area contributed by atoms with Crippen LogP contribution in [0.4, 0.5) is 0 Å². The number of fused-ring (bicyclic) bond motifs is 1. The van der Waals surface area contributed by atoms with Crippen molar-refractivity contribution in [3.63, 3.8) is 0 Å². The predicted octanol–water partition coefficient (Wildman–Crippen LogP) is 2.70. The van der Waals surface area contributed by atoms with Gasteiger partial charge in [0.1, 0.15) is 5.65 Å². The summed E-state index contributed by atoms with van der Waals surface area (Å²) in [5.74, 6) is 0. The molecular formula is C14H12N2O2S. The minimum absolute atomic E-state index is 0.263. The van der Waals surface area contributed by atoms with E-state index in [1.165, 1.54) is 6.20 Å². The molecule has 2 aromatic heterocycles. The summed E-state index contributed by atoms with van der Waals surface area (Å²) in [6.07, 6.45) is 3.12. The Bertz CT molecular complexity index is 833. The third kappa shape index (κ3) is 1.92. The summed E-state index contributed by atoms with van der Waals surface area (Å²) in [6.45, 7) is 1.92. The lowest BCUT2D eigenvalue weighted by Crippen LogP contribution is -2.01. The molecule has 0 amide bonds. The molecule has 0 unspecified atom stereocenters. The van der Waals surface area contributed by atoms with E-state index in [2.05, 4.69) is 9.97 Å². The molecule has 0 saturated heterocycles. The Labute approximate surface area is 111 Å². The highest BCUT2D eigenvalue weighted by Crippen LogP contribution is 2.27. The molecule has 0 spiro atoms. The number of aryl methyl sites for hydroxylation is 1. The number of hydrogen-bond acceptors (Lipinski definition) is 3. The maximum absolute atomic E-state index is 12.6. The zero-order valence-electron chi connectivity index (χ0n) is 10.3. The fourth-order valence-electron chi connectivity index (χ4n) is 2.00. The van der Waals surface area contributed by atoms with Crippen LogP contribution < -0.4 is 0 Å². The van der Waals surface area contributed by atoms with Crippen LogP contribution in [0.25, 0.3) is 11.0 Å². The third-order valence-electron chi connectivity index (χ3n) is 3.03. The molecule has 1 N–H and O–H groups in total. The Kier molecular flexibility index (Phi) is 2.64. The van der Waals surface area contributed by atoms with Crippen molar-refractivity contribution in [2.45, 2.75) is 16.7 Å². The van der Waals surface area contributed by atoms with Gasteiger partial charge in [-0.1, -0.05) is 17.7 Å². The van der Waals surface area contributed by atoms with Crippen molar-refractivity contribution >= 4 is 20.9 Å². The first kappa shape index (κ1) is 11.9. The van der Waals surface area contributed by atoms with Gasteiger partial charge in [0.15, 0.2) is 0 Å². The maximum atomic E-state index is 12.6. The monoisotopic (exact) mass is 272 g/mol. The summed E-state index contributed by atoms with van der Waals surface area (Å²) in [5.41, 5.74) is 1.60. The molecule has 0 atom stereocenters. The number of H-pyrrole nitrogens is 1. The van der Waals surface area contributed by atoms with Gasteiger partial charge in [-0.2, -0.15) is 0 Å². The van der Waals surface area contributed by atoms with Crippen LogP contribution in [0.15, 0.2) is 58.6 Å². The number of aromatic amines is 1. The van der Waals surface area contributed by atoms with Crippen LogP contribution in [0.2, 0.25) is 0 Å². The molecule has 0 aliphatic rings. The SMILES string of the molecule is Cc1ccc(S(=O)(=O)c2c[nH]c3ncccc23)cc1. The highest BCUT2D eigenvalue weighted by molar-refractivity contribution is 7.91. The normalized spacial score (nSPS) is 11.8. The van der Waals surface area contributed by atoms with Crippen molar-refractivity contribution in [1.29, 1.82) is 0 Å². The summed E-state index contributed by atoms with van der Waals surface area (Å²) in [6, 6.07) is 10.3. The standard InChI is InChI=1S/C14H12N2O2S/c1-10-4-6-11(7-5-10)19(17,18)13-9-16-14-12(13)3-2-8-15-14/h2-9H,1H3,(H,15,16). The quantitative estimate of drug-likeness (QED) is 0.780. The molecule has 0 aliphatic carbocycles. The number of rotatable bonds is 2. The van der Waals surface area contributed by atoms with Gasteiger partial charge in [0, 0.05) is 17.8 Å². The van der Waals surface area contributed by atoms with Crippen LogP contribution in [-0.4, -0.2) is 18.4 Å². The van der Waals surface area contributed by atoms with E-state index in [4.69, 9.17) is 0 Å². The number of hydrogen-bond donors (Lipinski definition) is 1. The molecule has 0 radical (unpaired) electrons. The average molecular weight is 272 g/mol. The van der Waals surface area contributed by atoms with Gasteiger partial charge in [-0.25, -0.2) is 13.4 Å². The molecule has 19 heavy (non-hydrogen) atoms. The Balaban J connectivity index is 2.22. The first-order valence-electron chi connectivity index (χ1n) is 5.83. The Morgan fingerprint density at radius 2 is 1.84 bits per heavy atom. The van der Waals surface area contributed by atoms with Crippen LogP contribution >= 0.6 is 0 Å². The summed E-state index contributed by atoms with van der Waals surface area (Å²) in [7, 11) is -3.51. The Morgan fingerprint density at radius 1 is 1.11 bits per heavy atom. The molecular weight excluding hydrogens is 260 g/mol. The van der Waals surface area contributed by atoms with E-state index in [1.54, 1.807) is 42.6 Å². The van der Waals surface area contributed by atoms with Crippen molar-refractivity contribution in [2.75, 3.05) is 0 Å². The summed E-state index contributed by atoms with van der Waals surface area (Å²) in [4.78, 5) is 7.55. The van der Waals surface area contributed by atoms with E-state index in [9.17, 15) is 8.42 Å². The molecule has 4 nitrogen and oxygen atoms in total. The second-order valence-corrected chi connectivity index (χ2v) is 6.29. The maximum Gasteiger partial charge on any atom is 0.208 e. The first-order chi connectivity index (χ1) is 9.09. The largest absolute Gasteiger partial charge is 0.345 e. The van der Waals surface area contributed by atoms with Crippen molar-refractivity contribution in [3.8, 4) is 0 Å². The van der Waals surface area contributed by atoms with Crippen molar-refractivity contribution in [2.24, 2.45) is 0 Å². The highest BCUT2D eigenvalue weighted by atomic mass is 32.2. The van der Waals surface area contributed by atoms with Gasteiger partial charge in [-0.15, -0.1) is 0 Å². The van der Waals surface area contributed by atoms with E-state index in [0.717, 1.165) is 5.56 Å².